The molecule has 3 rings (SSSR count). The number of rotatable bonds is 17. The number of carbonyl (C=O) groups excluding carboxylic acids is 4. The number of ether oxygens (including phenoxy) is 2. The molecule has 0 radical (unpaired) electrons. The third kappa shape index (κ3) is 9.00. The average molecular weight is 639 g/mol. The lowest BCUT2D eigenvalue weighted by Crippen LogP contribution is -2.49. The van der Waals surface area contributed by atoms with Crippen molar-refractivity contribution in [1.82, 2.24) is 9.62 Å². The molecule has 0 spiro atoms. The van der Waals surface area contributed by atoms with E-state index in [2.05, 4.69) is 17.9 Å². The van der Waals surface area contributed by atoms with E-state index < -0.39 is 79.9 Å². The fraction of sp³-hybridized carbons (Fsp3) is 0.750. The number of aliphatic hydroxyl groups excluding tert-OH is 1. The van der Waals surface area contributed by atoms with Crippen molar-refractivity contribution in [2.24, 2.45) is 17.3 Å². The van der Waals surface area contributed by atoms with Gasteiger partial charge in [-0.15, -0.1) is 13.2 Å². The van der Waals surface area contributed by atoms with Gasteiger partial charge in [-0.2, -0.15) is 0 Å². The summed E-state index contributed by atoms with van der Waals surface area (Å²) in [6.07, 6.45) is 3.82. The number of Topliss-reactive ketones (excluding diaryl/α,β-unsaturated/α-hetero) is 1. The van der Waals surface area contributed by atoms with Crippen LogP contribution < -0.4 is 4.72 Å². The summed E-state index contributed by atoms with van der Waals surface area (Å²) in [6.45, 7) is 16.3. The summed E-state index contributed by atoms with van der Waals surface area (Å²) in [4.78, 5) is 55.5. The van der Waals surface area contributed by atoms with Crippen LogP contribution in [0.4, 0.5) is 0 Å². The summed E-state index contributed by atoms with van der Waals surface area (Å²) >= 11 is 0. The number of nitrogens with zero attached hydrogens (tertiary/aromatic N) is 1. The van der Waals surface area contributed by atoms with Crippen molar-refractivity contribution in [2.75, 3.05) is 6.54 Å². The molecule has 0 aromatic heterocycles. The molecule has 11 nitrogen and oxygen atoms in total. The Bertz CT molecular complexity index is 1220. The Balaban J connectivity index is 1.84. The molecule has 2 aliphatic carbocycles. The van der Waals surface area contributed by atoms with E-state index in [1.54, 1.807) is 26.8 Å². The number of carbonyl (C=O) groups is 4. The van der Waals surface area contributed by atoms with Crippen molar-refractivity contribution in [1.29, 1.82) is 0 Å². The van der Waals surface area contributed by atoms with Crippen LogP contribution in [0, 0.1) is 17.3 Å². The molecular formula is C32H50N2O9S. The molecule has 2 saturated carbocycles. The molecule has 0 aromatic rings. The Morgan fingerprint density at radius 1 is 1.18 bits per heavy atom. The number of amides is 2. The first-order valence-electron chi connectivity index (χ1n) is 15.7. The monoisotopic (exact) mass is 638 g/mol. The number of β-amino-alcohol motifs (C(OH)–C–C–N with tert-alkyl or cyclic N) is 1. The number of hydrogen-bond donors (Lipinski definition) is 2. The smallest absolute Gasteiger partial charge is 0.307 e. The number of aliphatic hydroxyl groups is 1. The lowest BCUT2D eigenvalue weighted by molar-refractivity contribution is -0.163. The van der Waals surface area contributed by atoms with E-state index >= 15 is 0 Å². The molecule has 2 amide bonds. The van der Waals surface area contributed by atoms with Crippen LogP contribution in [0.25, 0.3) is 0 Å². The first kappa shape index (κ1) is 35.9. The molecule has 1 heterocycles. The SMILES string of the molecule is C=CCC[C@@H](C)O[C@@H](CC)[C@H](CC(=O)OC(C)(C)C)C(=O)N1C[C@H](O)C[C@H]1C(=O)C[C@]1(C(=O)NS(=O)(=O)C2CC2)C[C@H]1C=C. The Morgan fingerprint density at radius 3 is 2.36 bits per heavy atom. The number of likely N-dealkylation sites (tertiary alicyclic amines) is 1. The highest BCUT2D eigenvalue weighted by Crippen LogP contribution is 2.57. The largest absolute Gasteiger partial charge is 0.460 e. The Kier molecular flexibility index (Phi) is 11.6. The quantitative estimate of drug-likeness (QED) is 0.180. The van der Waals surface area contributed by atoms with Gasteiger partial charge in [-0.1, -0.05) is 19.1 Å². The summed E-state index contributed by atoms with van der Waals surface area (Å²) in [6, 6.07) is -1.05. The van der Waals surface area contributed by atoms with Gasteiger partial charge in [0.2, 0.25) is 21.8 Å². The van der Waals surface area contributed by atoms with Crippen molar-refractivity contribution in [2.45, 2.75) is 128 Å². The second kappa shape index (κ2) is 14.2. The third-order valence-electron chi connectivity index (χ3n) is 8.65. The van der Waals surface area contributed by atoms with E-state index in [-0.39, 0.29) is 38.3 Å². The molecule has 3 aliphatic rings. The van der Waals surface area contributed by atoms with Crippen LogP contribution in [0.1, 0.15) is 92.4 Å². The fourth-order valence-electron chi connectivity index (χ4n) is 6.02. The number of hydrogen-bond acceptors (Lipinski definition) is 9. The molecule has 248 valence electrons. The highest BCUT2D eigenvalue weighted by atomic mass is 32.2. The minimum atomic E-state index is -3.83. The Hall–Kier alpha value is -2.57. The molecule has 7 atom stereocenters. The normalized spacial score (nSPS) is 27.1. The van der Waals surface area contributed by atoms with E-state index in [0.29, 0.717) is 32.1 Å². The molecule has 12 heteroatoms. The van der Waals surface area contributed by atoms with Gasteiger partial charge in [-0.25, -0.2) is 8.42 Å². The number of allylic oxidation sites excluding steroid dienone is 2. The van der Waals surface area contributed by atoms with Crippen molar-refractivity contribution in [3.63, 3.8) is 0 Å². The van der Waals surface area contributed by atoms with Crippen LogP contribution >= 0.6 is 0 Å². The van der Waals surface area contributed by atoms with Crippen molar-refractivity contribution in [3.8, 4) is 0 Å². The van der Waals surface area contributed by atoms with Crippen LogP contribution in [0.3, 0.4) is 0 Å². The number of sulfonamides is 1. The van der Waals surface area contributed by atoms with Gasteiger partial charge in [0.1, 0.15) is 5.60 Å². The van der Waals surface area contributed by atoms with Gasteiger partial charge in [0.15, 0.2) is 5.78 Å². The first-order valence-corrected chi connectivity index (χ1v) is 17.2. The van der Waals surface area contributed by atoms with Crippen LogP contribution in [-0.2, 0) is 38.7 Å². The summed E-state index contributed by atoms with van der Waals surface area (Å²) in [5, 5.41) is 10.0. The summed E-state index contributed by atoms with van der Waals surface area (Å²) in [5.74, 6) is -3.68. The zero-order chi connectivity index (χ0) is 33.0. The molecule has 3 fully saturated rings. The van der Waals surface area contributed by atoms with E-state index in [1.807, 2.05) is 13.8 Å². The van der Waals surface area contributed by atoms with E-state index in [1.165, 1.54) is 11.0 Å². The molecule has 1 saturated heterocycles. The second-order valence-corrected chi connectivity index (χ2v) is 15.5. The van der Waals surface area contributed by atoms with Crippen LogP contribution in [0.5, 0.6) is 0 Å². The Morgan fingerprint density at radius 2 is 1.84 bits per heavy atom. The topological polar surface area (TPSA) is 156 Å². The molecule has 0 unspecified atom stereocenters. The zero-order valence-electron chi connectivity index (χ0n) is 26.8. The van der Waals surface area contributed by atoms with E-state index in [0.717, 1.165) is 0 Å². The number of nitrogens with one attached hydrogen (secondary N) is 1. The molecule has 0 aromatic carbocycles. The van der Waals surface area contributed by atoms with Crippen LogP contribution in [0.2, 0.25) is 0 Å². The maximum atomic E-state index is 14.2. The molecule has 44 heavy (non-hydrogen) atoms. The molecule has 1 aliphatic heterocycles. The first-order chi connectivity index (χ1) is 20.5. The van der Waals surface area contributed by atoms with Gasteiger partial charge < -0.3 is 19.5 Å². The standard InChI is InChI=1S/C32H50N2O9S/c1-8-11-12-20(4)42-27(10-3)24(16-28(37)43-31(5,6)7)29(38)34-19-22(35)15-25(34)26(36)18-32(17-21(32)9-2)30(39)33-44(40,41)23-13-14-23/h8-9,20-25,27,35H,1-2,10-19H2,3-7H3,(H,33,39)/t20-,21-,22-,24+,25+,27+,32-/m1/s1. The van der Waals surface area contributed by atoms with Gasteiger partial charge in [0, 0.05) is 19.4 Å². The average Bonchev–Trinajstić information content (AvgIpc) is 3.85. The number of esters is 1. The molecular weight excluding hydrogens is 588 g/mol. The lowest BCUT2D eigenvalue weighted by atomic mass is 9.90. The van der Waals surface area contributed by atoms with Crippen molar-refractivity contribution in [3.05, 3.63) is 25.3 Å². The van der Waals surface area contributed by atoms with Gasteiger partial charge in [-0.3, -0.25) is 23.9 Å². The van der Waals surface area contributed by atoms with Crippen LogP contribution in [0.15, 0.2) is 25.3 Å². The number of ketones is 1. The predicted octanol–water partition coefficient (Wildman–Crippen LogP) is 3.21. The zero-order valence-corrected chi connectivity index (χ0v) is 27.6. The molecule has 2 N–H and O–H groups in total. The lowest BCUT2D eigenvalue weighted by Gasteiger charge is -2.34. The fourth-order valence-corrected chi connectivity index (χ4v) is 7.40. The van der Waals surface area contributed by atoms with Crippen LogP contribution in [-0.4, -0.2) is 83.7 Å². The summed E-state index contributed by atoms with van der Waals surface area (Å²) in [5.41, 5.74) is -2.06. The highest BCUT2D eigenvalue weighted by molar-refractivity contribution is 7.90. The predicted molar refractivity (Wildman–Crippen MR) is 165 cm³/mol. The van der Waals surface area contributed by atoms with Crippen molar-refractivity contribution < 1.29 is 42.2 Å². The highest BCUT2D eigenvalue weighted by Gasteiger charge is 2.61. The third-order valence-corrected chi connectivity index (χ3v) is 10.5. The molecule has 0 bridgehead atoms. The van der Waals surface area contributed by atoms with Gasteiger partial charge >= 0.3 is 5.97 Å². The second-order valence-electron chi connectivity index (χ2n) is 13.6. The van der Waals surface area contributed by atoms with Gasteiger partial charge in [0.25, 0.3) is 0 Å². The Labute approximate surface area is 261 Å². The summed E-state index contributed by atoms with van der Waals surface area (Å²) in [7, 11) is -3.83. The minimum absolute atomic E-state index is 0.0338. The van der Waals surface area contributed by atoms with E-state index in [9.17, 15) is 32.7 Å². The maximum Gasteiger partial charge on any atom is 0.307 e. The van der Waals surface area contributed by atoms with Gasteiger partial charge in [0.05, 0.1) is 47.4 Å². The van der Waals surface area contributed by atoms with Gasteiger partial charge in [-0.05, 0) is 72.1 Å². The maximum absolute atomic E-state index is 14.2. The minimum Gasteiger partial charge on any atom is -0.460 e. The van der Waals surface area contributed by atoms with Crippen molar-refractivity contribution >= 4 is 33.6 Å². The van der Waals surface area contributed by atoms with E-state index in [4.69, 9.17) is 9.47 Å². The summed E-state index contributed by atoms with van der Waals surface area (Å²) < 4.78 is 38.9.